The van der Waals surface area contributed by atoms with Crippen molar-refractivity contribution in [3.63, 3.8) is 0 Å². The van der Waals surface area contributed by atoms with Crippen LogP contribution in [0.3, 0.4) is 0 Å². The molecule has 0 saturated carbocycles. The fourth-order valence-electron chi connectivity index (χ4n) is 1.81. The normalized spacial score (nSPS) is 22.4. The molecule has 0 bridgehead atoms. The summed E-state index contributed by atoms with van der Waals surface area (Å²) < 4.78 is 10.4. The first kappa shape index (κ1) is 12.9. The first-order valence-corrected chi connectivity index (χ1v) is 6.03. The van der Waals surface area contributed by atoms with Crippen molar-refractivity contribution < 1.29 is 14.3 Å². The lowest BCUT2D eigenvalue weighted by Crippen LogP contribution is -2.27. The van der Waals surface area contributed by atoms with Crippen LogP contribution in [0.4, 0.5) is 0 Å². The Morgan fingerprint density at radius 2 is 1.83 bits per heavy atom. The summed E-state index contributed by atoms with van der Waals surface area (Å²) >= 11 is 0. The molecule has 4 heteroatoms. The van der Waals surface area contributed by atoms with Gasteiger partial charge in [-0.05, 0) is 38.5 Å². The minimum Gasteiger partial charge on any atom is -0.497 e. The number of ether oxygens (including phenoxy) is 2. The van der Waals surface area contributed by atoms with Crippen molar-refractivity contribution in [2.75, 3.05) is 7.11 Å². The van der Waals surface area contributed by atoms with Gasteiger partial charge < -0.3 is 9.47 Å². The molecule has 1 aliphatic rings. The average Bonchev–Trinajstić information content (AvgIpc) is 3.07. The van der Waals surface area contributed by atoms with E-state index in [1.54, 1.807) is 7.11 Å². The summed E-state index contributed by atoms with van der Waals surface area (Å²) in [6.45, 7) is 5.61. The molecule has 1 aromatic carbocycles. The van der Waals surface area contributed by atoms with Crippen molar-refractivity contribution in [2.24, 2.45) is 0 Å². The third-order valence-electron chi connectivity index (χ3n) is 2.72. The SMILES string of the molecule is COc1ccc([C@H]2N[C@H]2C(=O)OC(C)(C)C)cc1. The van der Waals surface area contributed by atoms with Gasteiger partial charge in [-0.3, -0.25) is 10.1 Å². The van der Waals surface area contributed by atoms with Crippen LogP contribution >= 0.6 is 0 Å². The van der Waals surface area contributed by atoms with Crippen LogP contribution in [0.2, 0.25) is 0 Å². The van der Waals surface area contributed by atoms with Crippen molar-refractivity contribution in [1.82, 2.24) is 5.32 Å². The van der Waals surface area contributed by atoms with Crippen molar-refractivity contribution in [3.8, 4) is 5.75 Å². The Labute approximate surface area is 107 Å². The average molecular weight is 249 g/mol. The van der Waals surface area contributed by atoms with Gasteiger partial charge in [0.25, 0.3) is 0 Å². The molecule has 1 fully saturated rings. The van der Waals surface area contributed by atoms with E-state index in [9.17, 15) is 4.79 Å². The zero-order valence-electron chi connectivity index (χ0n) is 11.2. The van der Waals surface area contributed by atoms with E-state index in [1.165, 1.54) is 0 Å². The van der Waals surface area contributed by atoms with Crippen molar-refractivity contribution >= 4 is 5.97 Å². The van der Waals surface area contributed by atoms with E-state index < -0.39 is 5.60 Å². The lowest BCUT2D eigenvalue weighted by Gasteiger charge is -2.19. The molecule has 0 radical (unpaired) electrons. The number of carbonyl (C=O) groups is 1. The predicted octanol–water partition coefficient (Wildman–Crippen LogP) is 2.05. The second-order valence-electron chi connectivity index (χ2n) is 5.43. The molecular weight excluding hydrogens is 230 g/mol. The summed E-state index contributed by atoms with van der Waals surface area (Å²) in [5.41, 5.74) is 0.637. The molecule has 1 heterocycles. The summed E-state index contributed by atoms with van der Waals surface area (Å²) in [6.07, 6.45) is 0. The zero-order chi connectivity index (χ0) is 13.3. The number of benzene rings is 1. The first-order valence-electron chi connectivity index (χ1n) is 6.03. The molecule has 0 unspecified atom stereocenters. The minimum absolute atomic E-state index is 0.0609. The van der Waals surface area contributed by atoms with Crippen LogP contribution < -0.4 is 10.1 Å². The maximum absolute atomic E-state index is 11.8. The number of methoxy groups -OCH3 is 1. The monoisotopic (exact) mass is 249 g/mol. The maximum Gasteiger partial charge on any atom is 0.325 e. The summed E-state index contributed by atoms with van der Waals surface area (Å²) in [5.74, 6) is 0.622. The van der Waals surface area contributed by atoms with E-state index >= 15 is 0 Å². The highest BCUT2D eigenvalue weighted by atomic mass is 16.6. The van der Waals surface area contributed by atoms with Gasteiger partial charge in [-0.2, -0.15) is 0 Å². The van der Waals surface area contributed by atoms with Crippen LogP contribution in [0.1, 0.15) is 32.4 Å². The van der Waals surface area contributed by atoms with Gasteiger partial charge in [0.05, 0.1) is 13.2 Å². The number of esters is 1. The third-order valence-corrected chi connectivity index (χ3v) is 2.72. The van der Waals surface area contributed by atoms with Gasteiger partial charge in [-0.15, -0.1) is 0 Å². The van der Waals surface area contributed by atoms with E-state index in [-0.39, 0.29) is 18.1 Å². The lowest BCUT2D eigenvalue weighted by molar-refractivity contribution is -0.154. The summed E-state index contributed by atoms with van der Waals surface area (Å²) in [7, 11) is 1.63. The molecule has 0 aromatic heterocycles. The van der Waals surface area contributed by atoms with Crippen molar-refractivity contribution in [2.45, 2.75) is 38.5 Å². The molecule has 2 rings (SSSR count). The molecule has 1 aliphatic heterocycles. The molecule has 1 saturated heterocycles. The van der Waals surface area contributed by atoms with E-state index in [2.05, 4.69) is 5.32 Å². The fourth-order valence-corrected chi connectivity index (χ4v) is 1.81. The predicted molar refractivity (Wildman–Crippen MR) is 68.5 cm³/mol. The standard InChI is InChI=1S/C14H19NO3/c1-14(2,3)18-13(16)12-11(15-12)9-5-7-10(17-4)8-6-9/h5-8,11-12,15H,1-4H3/t11-,12-/m1/s1. The summed E-state index contributed by atoms with van der Waals surface area (Å²) in [4.78, 5) is 11.8. The van der Waals surface area contributed by atoms with E-state index in [1.807, 2.05) is 45.0 Å². The summed E-state index contributed by atoms with van der Waals surface area (Å²) in [6, 6.07) is 7.54. The zero-order valence-corrected chi connectivity index (χ0v) is 11.2. The smallest absolute Gasteiger partial charge is 0.325 e. The second-order valence-corrected chi connectivity index (χ2v) is 5.43. The maximum atomic E-state index is 11.8. The molecular formula is C14H19NO3. The van der Waals surface area contributed by atoms with Crippen LogP contribution in [-0.2, 0) is 9.53 Å². The molecule has 0 amide bonds. The van der Waals surface area contributed by atoms with Gasteiger partial charge in [0.15, 0.2) is 0 Å². The van der Waals surface area contributed by atoms with E-state index in [4.69, 9.17) is 9.47 Å². The lowest BCUT2D eigenvalue weighted by atomic mass is 10.1. The van der Waals surface area contributed by atoms with Crippen LogP contribution in [0.15, 0.2) is 24.3 Å². The molecule has 98 valence electrons. The Balaban J connectivity index is 1.96. The van der Waals surface area contributed by atoms with Gasteiger partial charge >= 0.3 is 5.97 Å². The molecule has 0 spiro atoms. The molecule has 0 aliphatic carbocycles. The highest BCUT2D eigenvalue weighted by molar-refractivity contribution is 5.81. The Kier molecular flexibility index (Phi) is 3.30. The van der Waals surface area contributed by atoms with E-state index in [0.29, 0.717) is 0 Å². The molecule has 18 heavy (non-hydrogen) atoms. The number of rotatable bonds is 3. The summed E-state index contributed by atoms with van der Waals surface area (Å²) in [5, 5.41) is 3.13. The quantitative estimate of drug-likeness (QED) is 0.658. The van der Waals surface area contributed by atoms with Crippen LogP contribution in [-0.4, -0.2) is 24.7 Å². The fraction of sp³-hybridized carbons (Fsp3) is 0.500. The Hall–Kier alpha value is -1.55. The van der Waals surface area contributed by atoms with Crippen molar-refractivity contribution in [3.05, 3.63) is 29.8 Å². The highest BCUT2D eigenvalue weighted by Gasteiger charge is 2.45. The highest BCUT2D eigenvalue weighted by Crippen LogP contribution is 2.32. The first-order chi connectivity index (χ1) is 8.40. The Bertz CT molecular complexity index is 433. The van der Waals surface area contributed by atoms with Gasteiger partial charge in [0, 0.05) is 0 Å². The Morgan fingerprint density at radius 3 is 2.33 bits per heavy atom. The number of carbonyl (C=O) groups excluding carboxylic acids is 1. The molecule has 1 aromatic rings. The van der Waals surface area contributed by atoms with Crippen molar-refractivity contribution in [1.29, 1.82) is 0 Å². The topological polar surface area (TPSA) is 57.5 Å². The number of nitrogens with one attached hydrogen (secondary N) is 1. The minimum atomic E-state index is -0.439. The van der Waals surface area contributed by atoms with Gasteiger partial charge in [-0.1, -0.05) is 12.1 Å². The van der Waals surface area contributed by atoms with Gasteiger partial charge in [0.2, 0.25) is 0 Å². The van der Waals surface area contributed by atoms with Gasteiger partial charge in [-0.25, -0.2) is 0 Å². The van der Waals surface area contributed by atoms with Crippen LogP contribution in [0, 0.1) is 0 Å². The largest absolute Gasteiger partial charge is 0.497 e. The molecule has 1 N–H and O–H groups in total. The van der Waals surface area contributed by atoms with Crippen LogP contribution in [0.25, 0.3) is 0 Å². The van der Waals surface area contributed by atoms with Gasteiger partial charge in [0.1, 0.15) is 17.4 Å². The number of hydrogen-bond acceptors (Lipinski definition) is 4. The Morgan fingerprint density at radius 1 is 1.22 bits per heavy atom. The molecule has 2 atom stereocenters. The van der Waals surface area contributed by atoms with Crippen LogP contribution in [0.5, 0.6) is 5.75 Å². The third kappa shape index (κ3) is 3.01. The molecule has 4 nitrogen and oxygen atoms in total. The van der Waals surface area contributed by atoms with E-state index in [0.717, 1.165) is 11.3 Å². The number of hydrogen-bond donors (Lipinski definition) is 1. The second kappa shape index (κ2) is 4.61.